The zero-order valence-electron chi connectivity index (χ0n) is 20.6. The van der Waals surface area contributed by atoms with Gasteiger partial charge in [-0.3, -0.25) is 0 Å². The van der Waals surface area contributed by atoms with Crippen LogP contribution in [0.4, 0.5) is 14.9 Å². The SMILES string of the molecule is COc1ccc(NC(=O)N(Cc2ccc(OS(=O)(=O)c3ccc(F)cc3)cc2)Cc2ccco2)c(OC)c1. The fourth-order valence-electron chi connectivity index (χ4n) is 3.53. The van der Waals surface area contributed by atoms with Crippen molar-refractivity contribution in [2.45, 2.75) is 18.0 Å². The Morgan fingerprint density at radius 1 is 0.921 bits per heavy atom. The fraction of sp³-hybridized carbons (Fsp3) is 0.148. The second-order valence-corrected chi connectivity index (χ2v) is 9.61. The molecule has 0 atom stereocenters. The van der Waals surface area contributed by atoms with E-state index in [-0.39, 0.29) is 23.7 Å². The molecule has 4 rings (SSSR count). The molecule has 0 aliphatic heterocycles. The minimum Gasteiger partial charge on any atom is -0.497 e. The molecule has 0 saturated heterocycles. The quantitative estimate of drug-likeness (QED) is 0.267. The number of rotatable bonds is 10. The molecule has 1 N–H and O–H groups in total. The molecule has 1 heterocycles. The Morgan fingerprint density at radius 2 is 1.63 bits per heavy atom. The second kappa shape index (κ2) is 11.7. The molecule has 3 aromatic carbocycles. The highest BCUT2D eigenvalue weighted by molar-refractivity contribution is 7.87. The van der Waals surface area contributed by atoms with Gasteiger partial charge in [-0.25, -0.2) is 9.18 Å². The molecule has 0 bridgehead atoms. The van der Waals surface area contributed by atoms with E-state index in [1.807, 2.05) is 0 Å². The van der Waals surface area contributed by atoms with Crippen molar-refractivity contribution >= 4 is 21.8 Å². The van der Waals surface area contributed by atoms with Crippen molar-refractivity contribution in [2.24, 2.45) is 0 Å². The van der Waals surface area contributed by atoms with Crippen LogP contribution >= 0.6 is 0 Å². The van der Waals surface area contributed by atoms with Crippen LogP contribution in [0.1, 0.15) is 11.3 Å². The van der Waals surface area contributed by atoms with Gasteiger partial charge in [-0.1, -0.05) is 12.1 Å². The molecule has 4 aromatic rings. The number of urea groups is 1. The average Bonchev–Trinajstić information content (AvgIpc) is 3.43. The van der Waals surface area contributed by atoms with Gasteiger partial charge in [0.15, 0.2) is 0 Å². The fourth-order valence-corrected chi connectivity index (χ4v) is 4.46. The van der Waals surface area contributed by atoms with Crippen LogP contribution < -0.4 is 19.0 Å². The average molecular weight is 541 g/mol. The maximum Gasteiger partial charge on any atom is 0.339 e. The van der Waals surface area contributed by atoms with E-state index in [9.17, 15) is 17.6 Å². The number of amides is 2. The molecule has 38 heavy (non-hydrogen) atoms. The van der Waals surface area contributed by atoms with Crippen molar-refractivity contribution < 1.29 is 35.7 Å². The molecule has 11 heteroatoms. The number of halogens is 1. The van der Waals surface area contributed by atoms with E-state index in [4.69, 9.17) is 18.1 Å². The molecule has 2 amide bonds. The largest absolute Gasteiger partial charge is 0.497 e. The summed E-state index contributed by atoms with van der Waals surface area (Å²) < 4.78 is 59.2. The van der Waals surface area contributed by atoms with Crippen LogP contribution in [0.2, 0.25) is 0 Å². The van der Waals surface area contributed by atoms with Crippen molar-refractivity contribution in [3.63, 3.8) is 0 Å². The Bertz CT molecular complexity index is 1470. The van der Waals surface area contributed by atoms with Gasteiger partial charge in [0.05, 0.1) is 32.7 Å². The molecule has 1 aromatic heterocycles. The highest BCUT2D eigenvalue weighted by atomic mass is 32.2. The maximum absolute atomic E-state index is 13.3. The number of nitrogens with one attached hydrogen (secondary N) is 1. The van der Waals surface area contributed by atoms with E-state index in [0.717, 1.165) is 24.3 Å². The van der Waals surface area contributed by atoms with Crippen LogP contribution in [0, 0.1) is 5.82 Å². The van der Waals surface area contributed by atoms with E-state index >= 15 is 0 Å². The predicted octanol–water partition coefficient (Wildman–Crippen LogP) is 5.44. The summed E-state index contributed by atoms with van der Waals surface area (Å²) in [7, 11) is -1.11. The molecule has 0 fully saturated rings. The van der Waals surface area contributed by atoms with Crippen LogP contribution in [0.25, 0.3) is 0 Å². The maximum atomic E-state index is 13.3. The van der Waals surface area contributed by atoms with Crippen LogP contribution in [-0.4, -0.2) is 33.6 Å². The normalized spacial score (nSPS) is 11.0. The van der Waals surface area contributed by atoms with E-state index in [1.54, 1.807) is 42.5 Å². The summed E-state index contributed by atoms with van der Waals surface area (Å²) in [6.07, 6.45) is 1.52. The Balaban J connectivity index is 1.49. The number of nitrogens with zero attached hydrogens (tertiary/aromatic N) is 1. The van der Waals surface area contributed by atoms with Gasteiger partial charge in [-0.15, -0.1) is 0 Å². The molecule has 0 saturated carbocycles. The van der Waals surface area contributed by atoms with E-state index in [2.05, 4.69) is 5.32 Å². The van der Waals surface area contributed by atoms with Gasteiger partial charge in [-0.05, 0) is 66.2 Å². The first kappa shape index (κ1) is 26.6. The summed E-state index contributed by atoms with van der Waals surface area (Å²) in [6.45, 7) is 0.352. The molecule has 0 aliphatic carbocycles. The lowest BCUT2D eigenvalue weighted by Gasteiger charge is -2.23. The summed E-state index contributed by atoms with van der Waals surface area (Å²) in [5.41, 5.74) is 1.16. The van der Waals surface area contributed by atoms with Crippen molar-refractivity contribution in [2.75, 3.05) is 19.5 Å². The first-order valence-corrected chi connectivity index (χ1v) is 12.8. The number of furan rings is 1. The van der Waals surface area contributed by atoms with Crippen molar-refractivity contribution in [3.05, 3.63) is 102 Å². The minimum atomic E-state index is -4.13. The van der Waals surface area contributed by atoms with E-state index < -0.39 is 22.0 Å². The number of anilines is 1. The molecular weight excluding hydrogens is 515 g/mol. The molecule has 9 nitrogen and oxygen atoms in total. The topological polar surface area (TPSA) is 107 Å². The number of methoxy groups -OCH3 is 2. The lowest BCUT2D eigenvalue weighted by molar-refractivity contribution is 0.201. The third-order valence-electron chi connectivity index (χ3n) is 5.47. The Hall–Kier alpha value is -4.51. The van der Waals surface area contributed by atoms with Gasteiger partial charge >= 0.3 is 16.1 Å². The van der Waals surface area contributed by atoms with Gasteiger partial charge < -0.3 is 28.3 Å². The van der Waals surface area contributed by atoms with Crippen LogP contribution in [-0.2, 0) is 23.2 Å². The van der Waals surface area contributed by atoms with E-state index in [0.29, 0.717) is 28.5 Å². The third kappa shape index (κ3) is 6.62. The summed E-state index contributed by atoms with van der Waals surface area (Å²) in [6, 6.07) is 18.7. The van der Waals surface area contributed by atoms with Crippen LogP contribution in [0.5, 0.6) is 17.2 Å². The van der Waals surface area contributed by atoms with E-state index in [1.165, 1.54) is 37.5 Å². The second-order valence-electron chi connectivity index (χ2n) is 8.07. The number of carbonyl (C=O) groups excluding carboxylic acids is 1. The van der Waals surface area contributed by atoms with Gasteiger partial charge in [0.2, 0.25) is 0 Å². The van der Waals surface area contributed by atoms with Crippen molar-refractivity contribution in [1.29, 1.82) is 0 Å². The van der Waals surface area contributed by atoms with Crippen molar-refractivity contribution in [1.82, 2.24) is 4.90 Å². The number of hydrogen-bond donors (Lipinski definition) is 1. The minimum absolute atomic E-state index is 0.0723. The Labute approximate surface area is 219 Å². The standard InChI is InChI=1S/C27H25FN2O7S/c1-34-22-11-14-25(26(16-22)35-2)29-27(31)30(18-23-4-3-15-36-23)17-19-5-9-21(10-6-19)37-38(32,33)24-12-7-20(28)8-13-24/h3-16H,17-18H2,1-2H3,(H,29,31). The molecule has 0 spiro atoms. The zero-order chi connectivity index (χ0) is 27.1. The van der Waals surface area contributed by atoms with Crippen LogP contribution in [0.3, 0.4) is 0 Å². The molecular formula is C27H25FN2O7S. The third-order valence-corrected chi connectivity index (χ3v) is 6.73. The number of benzene rings is 3. The number of ether oxygens (including phenoxy) is 2. The molecule has 0 aliphatic rings. The molecule has 0 unspecified atom stereocenters. The lowest BCUT2D eigenvalue weighted by atomic mass is 10.2. The highest BCUT2D eigenvalue weighted by Crippen LogP contribution is 2.29. The Morgan fingerprint density at radius 3 is 2.26 bits per heavy atom. The smallest absolute Gasteiger partial charge is 0.339 e. The van der Waals surface area contributed by atoms with Crippen molar-refractivity contribution in [3.8, 4) is 17.2 Å². The number of hydrogen-bond acceptors (Lipinski definition) is 7. The number of carbonyl (C=O) groups is 1. The first-order valence-electron chi connectivity index (χ1n) is 11.4. The first-order chi connectivity index (χ1) is 18.3. The van der Waals surface area contributed by atoms with Gasteiger partial charge in [0.25, 0.3) is 0 Å². The molecule has 0 radical (unpaired) electrons. The summed E-state index contributed by atoms with van der Waals surface area (Å²) in [5, 5.41) is 2.84. The summed E-state index contributed by atoms with van der Waals surface area (Å²) in [5.74, 6) is 1.10. The highest BCUT2D eigenvalue weighted by Gasteiger charge is 2.20. The lowest BCUT2D eigenvalue weighted by Crippen LogP contribution is -2.34. The van der Waals surface area contributed by atoms with Gasteiger partial charge in [0, 0.05) is 12.6 Å². The summed E-state index contributed by atoms with van der Waals surface area (Å²) in [4.78, 5) is 14.6. The monoisotopic (exact) mass is 540 g/mol. The van der Waals surface area contributed by atoms with Gasteiger partial charge in [0.1, 0.15) is 33.7 Å². The molecule has 198 valence electrons. The predicted molar refractivity (Wildman–Crippen MR) is 137 cm³/mol. The van der Waals surface area contributed by atoms with Gasteiger partial charge in [-0.2, -0.15) is 8.42 Å². The zero-order valence-corrected chi connectivity index (χ0v) is 21.4. The Kier molecular flexibility index (Phi) is 8.17. The summed E-state index contributed by atoms with van der Waals surface area (Å²) >= 11 is 0. The van der Waals surface area contributed by atoms with Crippen LogP contribution in [0.15, 0.2) is 94.4 Å².